The Labute approximate surface area is 551 Å². The molecule has 91 heavy (non-hydrogen) atoms. The summed E-state index contributed by atoms with van der Waals surface area (Å²) in [7, 11) is 0. The highest BCUT2D eigenvalue weighted by Gasteiger charge is 2.18. The minimum atomic E-state index is -0.407. The Balaban J connectivity index is -0.000000142. The SMILES string of the molecule is C=C(C)C(=O)OC(C)(C)C.C=C(C)C(=O)OC(C)C.C=C(C)C(=O)OC(C)CC.C=C(C)C(=O)OCC(C)C.C=C(C)C(=O)OCCC.C=C(C)C(=O)OCCCC.C=CC(=O)OC1CCCCC1.C=CC(=O)OCC(C)(C)CC.C=CC(=O)OCCC(C)(C)C. The molecule has 1 fully saturated rings. The Bertz CT molecular complexity index is 2200. The molecule has 0 amide bonds. The zero-order valence-corrected chi connectivity index (χ0v) is 61.1. The second-order valence-corrected chi connectivity index (χ2v) is 24.8. The van der Waals surface area contributed by atoms with Crippen LogP contribution in [0.25, 0.3) is 0 Å². The maximum Gasteiger partial charge on any atom is 0.333 e. The summed E-state index contributed by atoms with van der Waals surface area (Å²) in [5.41, 5.74) is 2.63. The minimum absolute atomic E-state index is 0.00389. The van der Waals surface area contributed by atoms with Crippen molar-refractivity contribution in [1.82, 2.24) is 0 Å². The van der Waals surface area contributed by atoms with Crippen LogP contribution in [0.5, 0.6) is 0 Å². The molecule has 1 atom stereocenters. The van der Waals surface area contributed by atoms with Crippen LogP contribution in [0.4, 0.5) is 0 Å². The van der Waals surface area contributed by atoms with Gasteiger partial charge in [-0.15, -0.1) is 0 Å². The van der Waals surface area contributed by atoms with Crippen LogP contribution < -0.4 is 0 Å². The fraction of sp³-hybridized carbons (Fsp3) is 0.630. The molecule has 1 saturated carbocycles. The highest BCUT2D eigenvalue weighted by Crippen LogP contribution is 2.21. The number of rotatable bonds is 25. The van der Waals surface area contributed by atoms with Crippen LogP contribution in [0.2, 0.25) is 0 Å². The Morgan fingerprint density at radius 2 is 0.868 bits per heavy atom. The van der Waals surface area contributed by atoms with Gasteiger partial charge in [-0.2, -0.15) is 0 Å². The Morgan fingerprint density at radius 3 is 1.18 bits per heavy atom. The number of esters is 9. The molecule has 0 aliphatic heterocycles. The van der Waals surface area contributed by atoms with Crippen LogP contribution >= 0.6 is 0 Å². The van der Waals surface area contributed by atoms with Gasteiger partial charge in [0.05, 0.1) is 45.2 Å². The lowest BCUT2D eigenvalue weighted by Crippen LogP contribution is -2.23. The van der Waals surface area contributed by atoms with E-state index in [0.717, 1.165) is 51.4 Å². The van der Waals surface area contributed by atoms with Crippen molar-refractivity contribution in [2.75, 3.05) is 33.0 Å². The molecular weight excluding hydrogens is 1160 g/mol. The first kappa shape index (κ1) is 100. The largest absolute Gasteiger partial charge is 0.463 e. The van der Waals surface area contributed by atoms with E-state index in [1.165, 1.54) is 37.5 Å². The molecule has 1 aliphatic carbocycles. The summed E-state index contributed by atoms with van der Waals surface area (Å²) in [5.74, 6) is -2.38. The molecule has 0 spiro atoms. The van der Waals surface area contributed by atoms with Crippen molar-refractivity contribution in [1.29, 1.82) is 0 Å². The molecule has 526 valence electrons. The lowest BCUT2D eigenvalue weighted by molar-refractivity contribution is -0.150. The van der Waals surface area contributed by atoms with Gasteiger partial charge < -0.3 is 42.6 Å². The lowest BCUT2D eigenvalue weighted by Gasteiger charge is -2.21. The van der Waals surface area contributed by atoms with Gasteiger partial charge in [0.2, 0.25) is 0 Å². The predicted molar refractivity (Wildman–Crippen MR) is 368 cm³/mol. The Hall–Kier alpha value is -7.11. The van der Waals surface area contributed by atoms with Crippen molar-refractivity contribution in [2.45, 2.75) is 254 Å². The zero-order chi connectivity index (χ0) is 73.3. The maximum absolute atomic E-state index is 10.8. The first-order chi connectivity index (χ1) is 41.6. The van der Waals surface area contributed by atoms with Crippen LogP contribution in [-0.4, -0.2) is 111 Å². The topological polar surface area (TPSA) is 237 Å². The maximum atomic E-state index is 10.8. The number of carbonyl (C=O) groups is 9. The number of unbranched alkanes of at least 4 members (excludes halogenated alkanes) is 1. The molecule has 18 nitrogen and oxygen atoms in total. The zero-order valence-electron chi connectivity index (χ0n) is 61.1. The van der Waals surface area contributed by atoms with Gasteiger partial charge in [0.15, 0.2) is 0 Å². The minimum Gasteiger partial charge on any atom is -0.463 e. The molecule has 1 aliphatic rings. The van der Waals surface area contributed by atoms with Crippen molar-refractivity contribution in [3.05, 3.63) is 111 Å². The van der Waals surface area contributed by atoms with Gasteiger partial charge in [-0.25, -0.2) is 43.2 Å². The van der Waals surface area contributed by atoms with E-state index in [2.05, 4.69) is 108 Å². The van der Waals surface area contributed by atoms with Crippen LogP contribution in [0, 0.1) is 16.7 Å². The molecule has 18 heteroatoms. The molecule has 1 rings (SSSR count). The lowest BCUT2D eigenvalue weighted by atomic mass is 9.92. The predicted octanol–water partition coefficient (Wildman–Crippen LogP) is 16.9. The molecule has 0 bridgehead atoms. The average molecular weight is 1290 g/mol. The molecule has 0 aromatic carbocycles. The first-order valence-corrected chi connectivity index (χ1v) is 31.1. The standard InChI is InChI=1S/C9H14O2.2C9H16O2.4C8H14O2.2C7H12O2/c1-2-9(10)11-8-6-4-3-5-7-8;1-5-8(10)11-7-6-9(2,3)4;1-5-8(10)11-7-9(3,4)6-2;1-6(2)7(9)10-8(3,4)5;1-6(2)5-10-8(9)7(3)4;1-5-7(4)10-8(9)6(2)3;1-4-5-6-10-8(9)7(2)3;1-5(2)7(8)9-6(3)4;1-4-5-9-7(8)6(2)3/h2,8H,1,3-7H2;2*5H,1,6-7H2,2-4H3;1H2,2-5H3;6H,3,5H2,1-2,4H3;7H,2,5H2,1,3-4H3;2,4-6H2,1,3H3;6H,1H2,2-4H3;2,4-5H2,1,3H3. The van der Waals surface area contributed by atoms with Gasteiger partial charge >= 0.3 is 53.7 Å². The van der Waals surface area contributed by atoms with E-state index < -0.39 is 5.60 Å². The quantitative estimate of drug-likeness (QED) is 0.0357. The number of ether oxygens (including phenoxy) is 9. The highest BCUT2D eigenvalue weighted by atomic mass is 16.6. The molecule has 0 saturated heterocycles. The van der Waals surface area contributed by atoms with Gasteiger partial charge in [0.25, 0.3) is 0 Å². The van der Waals surface area contributed by atoms with Gasteiger partial charge in [0.1, 0.15) is 11.7 Å². The van der Waals surface area contributed by atoms with Crippen molar-refractivity contribution in [3.63, 3.8) is 0 Å². The molecule has 0 aromatic rings. The third-order valence-electron chi connectivity index (χ3n) is 10.4. The summed E-state index contributed by atoms with van der Waals surface area (Å²) in [4.78, 5) is 96.2. The van der Waals surface area contributed by atoms with Gasteiger partial charge in [-0.3, -0.25) is 0 Å². The molecular formula is C73H126O18. The second kappa shape index (κ2) is 60.5. The molecule has 0 N–H and O–H groups in total. The molecule has 1 unspecified atom stereocenters. The normalized spacial score (nSPS) is 11.3. The fourth-order valence-corrected chi connectivity index (χ4v) is 4.50. The number of carbonyl (C=O) groups excluding carboxylic acids is 9. The van der Waals surface area contributed by atoms with Crippen LogP contribution in [0.1, 0.15) is 230 Å². The summed E-state index contributed by atoms with van der Waals surface area (Å²) in [6, 6.07) is 0. The summed E-state index contributed by atoms with van der Waals surface area (Å²) in [5, 5.41) is 0. The Kier molecular flexibility index (Phi) is 66.5. The molecule has 0 radical (unpaired) electrons. The fourth-order valence-electron chi connectivity index (χ4n) is 4.50. The summed E-state index contributed by atoms with van der Waals surface area (Å²) in [6.45, 7) is 76.4. The van der Waals surface area contributed by atoms with Crippen LogP contribution in [0.3, 0.4) is 0 Å². The molecule has 0 aromatic heterocycles. The van der Waals surface area contributed by atoms with E-state index in [1.54, 1.807) is 55.4 Å². The Morgan fingerprint density at radius 1 is 0.473 bits per heavy atom. The van der Waals surface area contributed by atoms with E-state index in [0.29, 0.717) is 72.4 Å². The van der Waals surface area contributed by atoms with E-state index in [1.807, 2.05) is 55.4 Å². The molecule has 0 heterocycles. The van der Waals surface area contributed by atoms with Gasteiger partial charge in [-0.1, -0.05) is 148 Å². The highest BCUT2D eigenvalue weighted by molar-refractivity contribution is 5.89. The van der Waals surface area contributed by atoms with Crippen molar-refractivity contribution >= 4 is 53.7 Å². The van der Waals surface area contributed by atoms with E-state index in [-0.39, 0.29) is 82.9 Å². The van der Waals surface area contributed by atoms with Gasteiger partial charge in [-0.05, 0) is 158 Å². The van der Waals surface area contributed by atoms with E-state index in [4.69, 9.17) is 42.6 Å². The number of hydrogen-bond acceptors (Lipinski definition) is 18. The van der Waals surface area contributed by atoms with Crippen LogP contribution in [0.15, 0.2) is 111 Å². The third-order valence-corrected chi connectivity index (χ3v) is 10.4. The van der Waals surface area contributed by atoms with Crippen molar-refractivity contribution in [3.8, 4) is 0 Å². The van der Waals surface area contributed by atoms with Crippen molar-refractivity contribution < 1.29 is 85.8 Å². The summed E-state index contributed by atoms with van der Waals surface area (Å²) < 4.78 is 43.8. The summed E-state index contributed by atoms with van der Waals surface area (Å²) in [6.07, 6.45) is 15.0. The smallest absolute Gasteiger partial charge is 0.333 e. The second-order valence-electron chi connectivity index (χ2n) is 24.8. The average Bonchev–Trinajstić information content (AvgIpc) is 3.68. The monoisotopic (exact) mass is 1290 g/mol. The van der Waals surface area contributed by atoms with E-state index in [9.17, 15) is 43.2 Å². The van der Waals surface area contributed by atoms with E-state index >= 15 is 0 Å². The van der Waals surface area contributed by atoms with Crippen LogP contribution in [-0.2, 0) is 85.8 Å². The van der Waals surface area contributed by atoms with Crippen molar-refractivity contribution in [2.24, 2.45) is 16.7 Å². The first-order valence-electron chi connectivity index (χ1n) is 31.1. The van der Waals surface area contributed by atoms with Gasteiger partial charge in [0, 0.05) is 51.7 Å². The number of hydrogen-bond donors (Lipinski definition) is 0. The summed E-state index contributed by atoms with van der Waals surface area (Å²) >= 11 is 0. The third kappa shape index (κ3) is 85.0.